The number of carboxylic acids is 1. The fraction of sp³-hybridized carbons (Fsp3) is 0.462. The molecule has 1 aliphatic heterocycles. The van der Waals surface area contributed by atoms with Crippen LogP contribution >= 0.6 is 11.6 Å². The van der Waals surface area contributed by atoms with Crippen LogP contribution in [0.4, 0.5) is 10.1 Å². The van der Waals surface area contributed by atoms with E-state index in [0.29, 0.717) is 24.5 Å². The molecular weight excluding hydrogens is 257 g/mol. The Morgan fingerprint density at radius 2 is 1.94 bits per heavy atom. The quantitative estimate of drug-likeness (QED) is 0.898. The zero-order valence-electron chi connectivity index (χ0n) is 9.90. The lowest BCUT2D eigenvalue weighted by Crippen LogP contribution is -2.35. The van der Waals surface area contributed by atoms with Crippen LogP contribution in [0.5, 0.6) is 0 Å². The number of halogens is 2. The molecule has 1 unspecified atom stereocenters. The van der Waals surface area contributed by atoms with Crippen molar-refractivity contribution in [1.82, 2.24) is 0 Å². The third-order valence-corrected chi connectivity index (χ3v) is 3.61. The zero-order valence-corrected chi connectivity index (χ0v) is 10.7. The second-order valence-corrected chi connectivity index (χ2v) is 5.02. The first-order chi connectivity index (χ1) is 8.51. The smallest absolute Gasteiger partial charge is 0.341 e. The molecule has 0 amide bonds. The maximum absolute atomic E-state index is 14.1. The minimum atomic E-state index is -2.08. The number of hydrogen-bond donors (Lipinski definition) is 1. The van der Waals surface area contributed by atoms with Crippen molar-refractivity contribution in [2.45, 2.75) is 24.9 Å². The predicted molar refractivity (Wildman–Crippen MR) is 69.0 cm³/mol. The van der Waals surface area contributed by atoms with Gasteiger partial charge in [-0.2, -0.15) is 0 Å². The van der Waals surface area contributed by atoms with Gasteiger partial charge in [0, 0.05) is 30.2 Å². The molecule has 0 aliphatic carbocycles. The highest BCUT2D eigenvalue weighted by atomic mass is 35.5. The van der Waals surface area contributed by atoms with Crippen molar-refractivity contribution in [3.8, 4) is 0 Å². The normalized spacial score (nSPS) is 24.7. The van der Waals surface area contributed by atoms with Gasteiger partial charge in [-0.15, -0.1) is 0 Å². The van der Waals surface area contributed by atoms with Gasteiger partial charge in [0.1, 0.15) is 0 Å². The van der Waals surface area contributed by atoms with E-state index in [0.717, 1.165) is 5.69 Å². The van der Waals surface area contributed by atoms with E-state index in [1.54, 1.807) is 12.1 Å². The average molecular weight is 272 g/mol. The molecule has 1 heterocycles. The van der Waals surface area contributed by atoms with Gasteiger partial charge in [0.2, 0.25) is 5.67 Å². The third kappa shape index (κ3) is 2.75. The second kappa shape index (κ2) is 5.14. The molecule has 1 atom stereocenters. The molecule has 5 heteroatoms. The molecule has 1 fully saturated rings. The number of hydrogen-bond acceptors (Lipinski definition) is 2. The van der Waals surface area contributed by atoms with Crippen molar-refractivity contribution >= 4 is 23.3 Å². The summed E-state index contributed by atoms with van der Waals surface area (Å²) in [4.78, 5) is 12.9. The number of benzene rings is 1. The molecular formula is C13H15ClFNO2. The Morgan fingerprint density at radius 1 is 1.28 bits per heavy atom. The van der Waals surface area contributed by atoms with Crippen LogP contribution in [-0.2, 0) is 4.79 Å². The molecule has 0 aromatic heterocycles. The lowest BCUT2D eigenvalue weighted by Gasteiger charge is -2.23. The maximum atomic E-state index is 14.1. The highest BCUT2D eigenvalue weighted by Crippen LogP contribution is 2.29. The van der Waals surface area contributed by atoms with Crippen LogP contribution < -0.4 is 4.90 Å². The Bertz CT molecular complexity index is 437. The fourth-order valence-corrected chi connectivity index (χ4v) is 2.35. The topological polar surface area (TPSA) is 40.5 Å². The third-order valence-electron chi connectivity index (χ3n) is 3.35. The summed E-state index contributed by atoms with van der Waals surface area (Å²) in [5, 5.41) is 9.56. The molecule has 2 rings (SSSR count). The fourth-order valence-electron chi connectivity index (χ4n) is 2.22. The van der Waals surface area contributed by atoms with Crippen molar-refractivity contribution in [3.05, 3.63) is 29.3 Å². The van der Waals surface area contributed by atoms with Crippen molar-refractivity contribution < 1.29 is 14.3 Å². The Balaban J connectivity index is 2.09. The van der Waals surface area contributed by atoms with Gasteiger partial charge in [-0.3, -0.25) is 0 Å². The van der Waals surface area contributed by atoms with Crippen LogP contribution in [0, 0.1) is 0 Å². The van der Waals surface area contributed by atoms with Crippen molar-refractivity contribution in [2.75, 3.05) is 18.0 Å². The van der Waals surface area contributed by atoms with Gasteiger partial charge >= 0.3 is 5.97 Å². The minimum Gasteiger partial charge on any atom is -0.479 e. The van der Waals surface area contributed by atoms with Crippen LogP contribution in [0.15, 0.2) is 24.3 Å². The van der Waals surface area contributed by atoms with Gasteiger partial charge in [-0.1, -0.05) is 11.6 Å². The summed E-state index contributed by atoms with van der Waals surface area (Å²) in [6, 6.07) is 7.30. The Kier molecular flexibility index (Phi) is 3.76. The first-order valence-electron chi connectivity index (χ1n) is 5.94. The minimum absolute atomic E-state index is 0.0188. The largest absolute Gasteiger partial charge is 0.479 e. The lowest BCUT2D eigenvalue weighted by atomic mass is 9.97. The summed E-state index contributed by atoms with van der Waals surface area (Å²) >= 11 is 5.81. The van der Waals surface area contributed by atoms with Crippen LogP contribution in [-0.4, -0.2) is 29.8 Å². The van der Waals surface area contributed by atoms with Crippen molar-refractivity contribution in [3.63, 3.8) is 0 Å². The van der Waals surface area contributed by atoms with Crippen LogP contribution in [0.2, 0.25) is 5.02 Å². The molecule has 18 heavy (non-hydrogen) atoms. The molecule has 3 nitrogen and oxygen atoms in total. The maximum Gasteiger partial charge on any atom is 0.341 e. The molecule has 0 spiro atoms. The van der Waals surface area contributed by atoms with Gasteiger partial charge in [0.05, 0.1) is 0 Å². The summed E-state index contributed by atoms with van der Waals surface area (Å²) < 4.78 is 14.1. The van der Waals surface area contributed by atoms with E-state index in [4.69, 9.17) is 16.7 Å². The highest BCUT2D eigenvalue weighted by Gasteiger charge is 2.39. The van der Waals surface area contributed by atoms with E-state index >= 15 is 0 Å². The van der Waals surface area contributed by atoms with E-state index in [-0.39, 0.29) is 12.8 Å². The number of carboxylic acid groups (broad SMARTS) is 1. The molecule has 0 saturated carbocycles. The Morgan fingerprint density at radius 3 is 2.56 bits per heavy atom. The number of carbonyl (C=O) groups is 1. The van der Waals surface area contributed by atoms with E-state index in [2.05, 4.69) is 0 Å². The van der Waals surface area contributed by atoms with Gasteiger partial charge in [-0.25, -0.2) is 9.18 Å². The lowest BCUT2D eigenvalue weighted by molar-refractivity contribution is -0.151. The van der Waals surface area contributed by atoms with Crippen molar-refractivity contribution in [2.24, 2.45) is 0 Å². The van der Waals surface area contributed by atoms with Gasteiger partial charge in [-0.05, 0) is 37.1 Å². The molecule has 1 saturated heterocycles. The van der Waals surface area contributed by atoms with E-state index < -0.39 is 11.6 Å². The monoisotopic (exact) mass is 271 g/mol. The number of rotatable bonds is 2. The van der Waals surface area contributed by atoms with Crippen LogP contribution in [0.3, 0.4) is 0 Å². The summed E-state index contributed by atoms with van der Waals surface area (Å²) in [5.74, 6) is -1.35. The van der Waals surface area contributed by atoms with Crippen LogP contribution in [0.1, 0.15) is 19.3 Å². The van der Waals surface area contributed by atoms with E-state index in [1.165, 1.54) is 0 Å². The van der Waals surface area contributed by atoms with E-state index in [1.807, 2.05) is 17.0 Å². The summed E-state index contributed by atoms with van der Waals surface area (Å²) in [6.45, 7) is 1.07. The van der Waals surface area contributed by atoms with E-state index in [9.17, 15) is 9.18 Å². The number of aliphatic carboxylic acids is 1. The average Bonchev–Trinajstić information content (AvgIpc) is 2.54. The SMILES string of the molecule is O=C(O)C1(F)CCCN(c2ccc(Cl)cc2)CC1. The Labute approximate surface area is 110 Å². The predicted octanol–water partition coefficient (Wildman–Crippen LogP) is 3.12. The summed E-state index contributed by atoms with van der Waals surface area (Å²) in [5.41, 5.74) is -1.13. The second-order valence-electron chi connectivity index (χ2n) is 4.59. The zero-order chi connectivity index (χ0) is 13.2. The summed E-state index contributed by atoms with van der Waals surface area (Å²) in [6.07, 6.45) is 0.628. The first kappa shape index (κ1) is 13.1. The van der Waals surface area contributed by atoms with Crippen LogP contribution in [0.25, 0.3) is 0 Å². The Hall–Kier alpha value is -1.29. The molecule has 98 valence electrons. The molecule has 0 radical (unpaired) electrons. The summed E-state index contributed by atoms with van der Waals surface area (Å²) in [7, 11) is 0. The van der Waals surface area contributed by atoms with Gasteiger partial charge in [0.25, 0.3) is 0 Å². The van der Waals surface area contributed by atoms with Crippen molar-refractivity contribution in [1.29, 1.82) is 0 Å². The van der Waals surface area contributed by atoms with Gasteiger partial charge in [0.15, 0.2) is 0 Å². The molecule has 1 aromatic carbocycles. The molecule has 0 bridgehead atoms. The molecule has 1 N–H and O–H groups in total. The first-order valence-corrected chi connectivity index (χ1v) is 6.32. The number of nitrogens with zero attached hydrogens (tertiary/aromatic N) is 1. The number of alkyl halides is 1. The molecule has 1 aliphatic rings. The highest BCUT2D eigenvalue weighted by molar-refractivity contribution is 6.30. The molecule has 1 aromatic rings. The van der Waals surface area contributed by atoms with Gasteiger partial charge < -0.3 is 10.0 Å². The number of anilines is 1. The standard InChI is InChI=1S/C13H15ClFNO2/c14-10-2-4-11(5-3-10)16-8-1-6-13(15,7-9-16)12(17)18/h2-5H,1,6-9H2,(H,17,18).